The van der Waals surface area contributed by atoms with Gasteiger partial charge < -0.3 is 34.1 Å². The van der Waals surface area contributed by atoms with E-state index in [-0.39, 0.29) is 50.5 Å². The molecule has 13 heteroatoms. The van der Waals surface area contributed by atoms with E-state index in [0.717, 1.165) is 31.2 Å². The quantitative estimate of drug-likeness (QED) is 0.213. The molecule has 252 valence electrons. The Morgan fingerprint density at radius 3 is 2.38 bits per heavy atom. The summed E-state index contributed by atoms with van der Waals surface area (Å²) in [6.07, 6.45) is 3.62. The number of benzene rings is 1. The number of carbonyl (C=O) groups excluding carboxylic acids is 4. The van der Waals surface area contributed by atoms with Gasteiger partial charge in [0.2, 0.25) is 12.0 Å². The lowest BCUT2D eigenvalue weighted by Crippen LogP contribution is -2.69. The maximum Gasteiger partial charge on any atom is 0.348 e. The Hall–Kier alpha value is -3.36. The number of hydroxylamine groups is 2. The molecule has 1 amide bonds. The zero-order valence-corrected chi connectivity index (χ0v) is 26.4. The third-order valence-corrected chi connectivity index (χ3v) is 10.8. The van der Waals surface area contributed by atoms with Gasteiger partial charge in [-0.1, -0.05) is 38.1 Å². The van der Waals surface area contributed by atoms with Gasteiger partial charge in [0.1, 0.15) is 36.4 Å². The summed E-state index contributed by atoms with van der Waals surface area (Å²) in [7, 11) is 0. The maximum absolute atomic E-state index is 14.0. The minimum atomic E-state index is -1.29. The monoisotopic (exact) mass is 652 g/mol. The smallest absolute Gasteiger partial charge is 0.348 e. The number of hydrogen-bond donors (Lipinski definition) is 2. The van der Waals surface area contributed by atoms with E-state index in [0.29, 0.717) is 5.56 Å². The number of nitrogens with zero attached hydrogens (tertiary/aromatic N) is 1. The minimum absolute atomic E-state index is 0.0459. The Bertz CT molecular complexity index is 1490. The molecule has 1 aromatic carbocycles. The average Bonchev–Trinajstić information content (AvgIpc) is 3.99. The number of esters is 3. The van der Waals surface area contributed by atoms with Gasteiger partial charge in [-0.15, -0.1) is 0 Å². The highest BCUT2D eigenvalue weighted by Gasteiger charge is 2.78. The Morgan fingerprint density at radius 1 is 1.04 bits per heavy atom. The van der Waals surface area contributed by atoms with Crippen molar-refractivity contribution in [1.82, 2.24) is 10.4 Å². The van der Waals surface area contributed by atoms with Crippen molar-refractivity contribution in [3.63, 3.8) is 0 Å². The lowest BCUT2D eigenvalue weighted by molar-refractivity contribution is -0.235. The number of amides is 1. The first-order valence-electron chi connectivity index (χ1n) is 16.6. The maximum atomic E-state index is 14.0. The topological polar surface area (TPSA) is 159 Å². The Kier molecular flexibility index (Phi) is 7.30. The summed E-state index contributed by atoms with van der Waals surface area (Å²) in [6.45, 7) is 3.77. The number of carbonyl (C=O) groups is 4. The number of cyclic esters (lactones) is 1. The minimum Gasteiger partial charge on any atom is -0.462 e. The summed E-state index contributed by atoms with van der Waals surface area (Å²) in [6, 6.07) is 6.26. The second kappa shape index (κ2) is 11.1. The number of hydrogen-bond acceptors (Lipinski definition) is 12. The Morgan fingerprint density at radius 2 is 1.74 bits per heavy atom. The van der Waals surface area contributed by atoms with Crippen molar-refractivity contribution in [1.29, 1.82) is 0 Å². The lowest BCUT2D eigenvalue weighted by Gasteiger charge is -2.48. The summed E-state index contributed by atoms with van der Waals surface area (Å²) in [5.74, 6) is -2.30. The van der Waals surface area contributed by atoms with E-state index in [2.05, 4.69) is 5.32 Å². The van der Waals surface area contributed by atoms with Gasteiger partial charge in [-0.3, -0.25) is 14.4 Å². The first-order chi connectivity index (χ1) is 22.6. The fourth-order valence-corrected chi connectivity index (χ4v) is 8.17. The molecule has 13 nitrogen and oxygen atoms in total. The normalized spacial score (nSPS) is 36.6. The summed E-state index contributed by atoms with van der Waals surface area (Å²) < 4.78 is 29.9. The molecule has 7 fully saturated rings. The van der Waals surface area contributed by atoms with Crippen molar-refractivity contribution in [3.05, 3.63) is 41.5 Å². The van der Waals surface area contributed by atoms with Gasteiger partial charge >= 0.3 is 17.9 Å². The summed E-state index contributed by atoms with van der Waals surface area (Å²) >= 11 is 0. The standard InChI is InChI=1S/C34H40N2O11/c1-32(2)17-42-30(40)28(32)44-23(38)12-7-18-3-5-19(6-4-18)16-36-26-29(39)43-22-15-33(26,31(41)35-13-14-37)27(47-36)25-24(22)45-34(46-25,20-8-9-20)21-10-11-21/h3-7,12,20-22,24-28,37H,8-11,13-17H2,1-2H3,(H,35,41). The molecule has 2 bridgehead atoms. The molecule has 0 spiro atoms. The highest BCUT2D eigenvalue weighted by Crippen LogP contribution is 2.63. The number of fused-ring (bicyclic) bond motifs is 4. The van der Waals surface area contributed by atoms with Crippen LogP contribution in [0.1, 0.15) is 57.1 Å². The van der Waals surface area contributed by atoms with Crippen LogP contribution in [0.4, 0.5) is 0 Å². The second-order valence-electron chi connectivity index (χ2n) is 14.6. The lowest BCUT2D eigenvalue weighted by atomic mass is 9.62. The molecule has 0 aromatic heterocycles. The Labute approximate surface area is 271 Å². The largest absolute Gasteiger partial charge is 0.462 e. The number of rotatable bonds is 10. The van der Waals surface area contributed by atoms with Crippen LogP contribution in [0.5, 0.6) is 0 Å². The molecule has 7 aliphatic rings. The molecule has 7 atom stereocenters. The molecule has 4 saturated heterocycles. The predicted molar refractivity (Wildman–Crippen MR) is 159 cm³/mol. The highest BCUT2D eigenvalue weighted by atomic mass is 16.8. The fraction of sp³-hybridized carbons (Fsp3) is 0.647. The van der Waals surface area contributed by atoms with Crippen LogP contribution in [-0.4, -0.2) is 96.1 Å². The third kappa shape index (κ3) is 5.00. The van der Waals surface area contributed by atoms with Crippen molar-refractivity contribution in [3.8, 4) is 0 Å². The van der Waals surface area contributed by atoms with Crippen LogP contribution in [0.3, 0.4) is 0 Å². The van der Waals surface area contributed by atoms with Crippen molar-refractivity contribution in [2.75, 3.05) is 19.8 Å². The zero-order valence-electron chi connectivity index (χ0n) is 26.4. The van der Waals surface area contributed by atoms with Crippen LogP contribution in [0.2, 0.25) is 0 Å². The molecule has 0 radical (unpaired) electrons. The molecule has 4 aliphatic heterocycles. The van der Waals surface area contributed by atoms with E-state index in [1.807, 2.05) is 12.1 Å². The number of aliphatic hydroxyl groups is 1. The molecule has 3 saturated carbocycles. The van der Waals surface area contributed by atoms with E-state index >= 15 is 0 Å². The van der Waals surface area contributed by atoms with Crippen LogP contribution >= 0.6 is 0 Å². The third-order valence-electron chi connectivity index (χ3n) is 10.8. The van der Waals surface area contributed by atoms with Crippen molar-refractivity contribution in [2.45, 2.75) is 94.8 Å². The van der Waals surface area contributed by atoms with Gasteiger partial charge in [-0.25, -0.2) is 9.59 Å². The SMILES string of the molecule is CC1(C)COC(=O)C1OC(=O)C=Cc1ccc(CN2OC3C4OC(C5CC5)(C5CC5)OC4C4CC3(C(=O)NCCO)C2C(=O)O4)cc1. The van der Waals surface area contributed by atoms with E-state index in [4.69, 9.17) is 28.5 Å². The average molecular weight is 653 g/mol. The molecular weight excluding hydrogens is 612 g/mol. The number of nitrogens with one attached hydrogen (secondary N) is 1. The number of ether oxygens (including phenoxy) is 5. The van der Waals surface area contributed by atoms with Gasteiger partial charge in [0.15, 0.2) is 11.8 Å². The number of aliphatic hydroxyl groups excluding tert-OH is 1. The van der Waals surface area contributed by atoms with Crippen LogP contribution in [-0.2, 0) is 54.2 Å². The molecular formula is C34H40N2O11. The van der Waals surface area contributed by atoms with Gasteiger partial charge in [-0.05, 0) is 42.9 Å². The summed E-state index contributed by atoms with van der Waals surface area (Å²) in [4.78, 5) is 58.7. The molecule has 8 rings (SSSR count). The Balaban J connectivity index is 1.02. The van der Waals surface area contributed by atoms with E-state index < -0.39 is 71.1 Å². The molecule has 3 aliphatic carbocycles. The second-order valence-corrected chi connectivity index (χ2v) is 14.6. The van der Waals surface area contributed by atoms with Gasteiger partial charge in [0.25, 0.3) is 0 Å². The summed E-state index contributed by atoms with van der Waals surface area (Å²) in [5.41, 5.74) is -0.376. The van der Waals surface area contributed by atoms with Crippen molar-refractivity contribution < 1.29 is 52.8 Å². The zero-order chi connectivity index (χ0) is 32.7. The van der Waals surface area contributed by atoms with Crippen LogP contribution in [0.15, 0.2) is 30.3 Å². The van der Waals surface area contributed by atoms with E-state index in [9.17, 15) is 24.3 Å². The van der Waals surface area contributed by atoms with Crippen LogP contribution in [0.25, 0.3) is 6.08 Å². The van der Waals surface area contributed by atoms with Crippen LogP contribution < -0.4 is 5.32 Å². The first kappa shape index (κ1) is 30.9. The molecule has 1 aromatic rings. The highest BCUT2D eigenvalue weighted by molar-refractivity contribution is 5.93. The van der Waals surface area contributed by atoms with Gasteiger partial charge in [0, 0.05) is 36.3 Å². The van der Waals surface area contributed by atoms with Crippen molar-refractivity contribution in [2.24, 2.45) is 22.7 Å². The fourth-order valence-electron chi connectivity index (χ4n) is 8.17. The summed E-state index contributed by atoms with van der Waals surface area (Å²) in [5, 5.41) is 13.8. The molecule has 7 unspecified atom stereocenters. The van der Waals surface area contributed by atoms with Gasteiger partial charge in [0.05, 0.1) is 13.2 Å². The van der Waals surface area contributed by atoms with Crippen LogP contribution in [0, 0.1) is 22.7 Å². The molecule has 47 heavy (non-hydrogen) atoms. The molecule has 4 heterocycles. The van der Waals surface area contributed by atoms with E-state index in [1.165, 1.54) is 11.1 Å². The van der Waals surface area contributed by atoms with E-state index in [1.54, 1.807) is 32.1 Å². The molecule has 2 N–H and O–H groups in total. The van der Waals surface area contributed by atoms with Gasteiger partial charge in [-0.2, -0.15) is 5.06 Å². The first-order valence-corrected chi connectivity index (χ1v) is 16.6. The van der Waals surface area contributed by atoms with Crippen molar-refractivity contribution >= 4 is 29.9 Å². The predicted octanol–water partition coefficient (Wildman–Crippen LogP) is 1.40.